The predicted molar refractivity (Wildman–Crippen MR) is 78.7 cm³/mol. The molecule has 3 rings (SSSR count). The number of benzene rings is 1. The summed E-state index contributed by atoms with van der Waals surface area (Å²) in [4.78, 5) is 30.2. The molecule has 1 aliphatic heterocycles. The van der Waals surface area contributed by atoms with E-state index < -0.39 is 5.97 Å². The zero-order chi connectivity index (χ0) is 15.0. The van der Waals surface area contributed by atoms with Crippen LogP contribution in [-0.4, -0.2) is 33.4 Å². The number of aromatic nitrogens is 1. The van der Waals surface area contributed by atoms with E-state index in [1.807, 2.05) is 13.0 Å². The summed E-state index contributed by atoms with van der Waals surface area (Å²) >= 11 is 1.34. The highest BCUT2D eigenvalue weighted by molar-refractivity contribution is 7.11. The Balaban J connectivity index is 1.89. The van der Waals surface area contributed by atoms with Crippen molar-refractivity contribution in [2.45, 2.75) is 19.9 Å². The van der Waals surface area contributed by atoms with Gasteiger partial charge in [0.1, 0.15) is 4.88 Å². The van der Waals surface area contributed by atoms with Gasteiger partial charge in [0.05, 0.1) is 16.8 Å². The average molecular weight is 302 g/mol. The first-order valence-electron chi connectivity index (χ1n) is 6.61. The highest BCUT2D eigenvalue weighted by atomic mass is 32.1. The van der Waals surface area contributed by atoms with Gasteiger partial charge in [-0.2, -0.15) is 0 Å². The number of carbonyl (C=O) groups is 2. The number of rotatable bonds is 2. The Morgan fingerprint density at radius 2 is 2.19 bits per heavy atom. The molecule has 2 heterocycles. The molecule has 108 valence electrons. The van der Waals surface area contributed by atoms with Gasteiger partial charge in [-0.3, -0.25) is 4.79 Å². The molecule has 0 radical (unpaired) electrons. The second-order valence-corrected chi connectivity index (χ2v) is 5.85. The van der Waals surface area contributed by atoms with Crippen LogP contribution >= 0.6 is 11.3 Å². The zero-order valence-corrected chi connectivity index (χ0v) is 12.3. The van der Waals surface area contributed by atoms with Crippen LogP contribution in [0.2, 0.25) is 0 Å². The standard InChI is InChI=1S/C15H14N2O3S/c1-9-13(21-8-16-9)14(18)17-6-5-11-10(7-17)3-2-4-12(11)15(19)20/h2-4,8H,5-7H2,1H3,(H,19,20). The van der Waals surface area contributed by atoms with Crippen molar-refractivity contribution in [3.8, 4) is 0 Å². The largest absolute Gasteiger partial charge is 0.478 e. The van der Waals surface area contributed by atoms with Crippen molar-refractivity contribution in [1.82, 2.24) is 9.88 Å². The zero-order valence-electron chi connectivity index (χ0n) is 11.5. The first-order valence-corrected chi connectivity index (χ1v) is 7.49. The van der Waals surface area contributed by atoms with Gasteiger partial charge in [0.15, 0.2) is 0 Å². The Bertz CT molecular complexity index is 723. The molecule has 5 nitrogen and oxygen atoms in total. The summed E-state index contributed by atoms with van der Waals surface area (Å²) < 4.78 is 0. The number of amides is 1. The number of nitrogens with zero attached hydrogens (tertiary/aromatic N) is 2. The van der Waals surface area contributed by atoms with Crippen molar-refractivity contribution >= 4 is 23.2 Å². The van der Waals surface area contributed by atoms with E-state index in [1.54, 1.807) is 22.5 Å². The Morgan fingerprint density at radius 3 is 2.86 bits per heavy atom. The maximum atomic E-state index is 12.5. The van der Waals surface area contributed by atoms with Gasteiger partial charge in [-0.25, -0.2) is 9.78 Å². The monoisotopic (exact) mass is 302 g/mol. The maximum absolute atomic E-state index is 12.5. The molecule has 6 heteroatoms. The Labute approximate surface area is 125 Å². The van der Waals surface area contributed by atoms with Crippen LogP contribution in [0.15, 0.2) is 23.7 Å². The number of carbonyl (C=O) groups excluding carboxylic acids is 1. The minimum Gasteiger partial charge on any atom is -0.478 e. The van der Waals surface area contributed by atoms with Crippen molar-refractivity contribution in [3.05, 3.63) is 51.0 Å². The van der Waals surface area contributed by atoms with Gasteiger partial charge in [0.2, 0.25) is 0 Å². The van der Waals surface area contributed by atoms with E-state index in [2.05, 4.69) is 4.98 Å². The van der Waals surface area contributed by atoms with Crippen LogP contribution in [0.5, 0.6) is 0 Å². The summed E-state index contributed by atoms with van der Waals surface area (Å²) in [5.74, 6) is -0.939. The molecule has 0 spiro atoms. The number of hydrogen-bond donors (Lipinski definition) is 1. The van der Waals surface area contributed by atoms with E-state index in [0.29, 0.717) is 30.0 Å². The number of carboxylic acids is 1. The fraction of sp³-hybridized carbons (Fsp3) is 0.267. The molecule has 0 bridgehead atoms. The fourth-order valence-corrected chi connectivity index (χ4v) is 3.40. The lowest BCUT2D eigenvalue weighted by molar-refractivity contribution is 0.0694. The Hall–Kier alpha value is -2.21. The molecule has 0 atom stereocenters. The summed E-state index contributed by atoms with van der Waals surface area (Å²) in [6, 6.07) is 5.24. The summed E-state index contributed by atoms with van der Waals surface area (Å²) in [7, 11) is 0. The van der Waals surface area contributed by atoms with Crippen LogP contribution < -0.4 is 0 Å². The van der Waals surface area contributed by atoms with Crippen LogP contribution in [0, 0.1) is 6.92 Å². The molecule has 2 aromatic rings. The van der Waals surface area contributed by atoms with Crippen molar-refractivity contribution in [3.63, 3.8) is 0 Å². The molecule has 1 aliphatic rings. The van der Waals surface area contributed by atoms with Crippen molar-refractivity contribution in [1.29, 1.82) is 0 Å². The minimum atomic E-state index is -0.912. The smallest absolute Gasteiger partial charge is 0.335 e. The molecule has 21 heavy (non-hydrogen) atoms. The lowest BCUT2D eigenvalue weighted by Crippen LogP contribution is -2.36. The number of thiazole rings is 1. The van der Waals surface area contributed by atoms with Gasteiger partial charge in [0, 0.05) is 13.1 Å². The molecule has 1 aromatic heterocycles. The molecule has 0 saturated carbocycles. The molecule has 1 amide bonds. The first-order chi connectivity index (χ1) is 10.1. The maximum Gasteiger partial charge on any atom is 0.335 e. The van der Waals surface area contributed by atoms with E-state index in [-0.39, 0.29) is 5.91 Å². The van der Waals surface area contributed by atoms with E-state index in [1.165, 1.54) is 11.3 Å². The Kier molecular flexibility index (Phi) is 3.47. The highest BCUT2D eigenvalue weighted by Gasteiger charge is 2.26. The topological polar surface area (TPSA) is 70.5 Å². The number of aryl methyl sites for hydroxylation is 1. The van der Waals surface area contributed by atoms with Crippen LogP contribution in [0.25, 0.3) is 0 Å². The van der Waals surface area contributed by atoms with Crippen molar-refractivity contribution in [2.75, 3.05) is 6.54 Å². The van der Waals surface area contributed by atoms with E-state index in [4.69, 9.17) is 0 Å². The second kappa shape index (κ2) is 5.29. The second-order valence-electron chi connectivity index (χ2n) is 4.99. The molecular formula is C15H14N2O3S. The predicted octanol–water partition coefficient (Wildman–Crippen LogP) is 2.35. The normalized spacial score (nSPS) is 13.9. The molecule has 0 fully saturated rings. The van der Waals surface area contributed by atoms with E-state index in [0.717, 1.165) is 16.8 Å². The van der Waals surface area contributed by atoms with Crippen molar-refractivity contribution in [2.24, 2.45) is 0 Å². The van der Waals surface area contributed by atoms with E-state index >= 15 is 0 Å². The third-order valence-corrected chi connectivity index (χ3v) is 4.64. The fourth-order valence-electron chi connectivity index (χ4n) is 2.63. The summed E-state index contributed by atoms with van der Waals surface area (Å²) in [6.45, 7) is 2.81. The molecular weight excluding hydrogens is 288 g/mol. The number of hydrogen-bond acceptors (Lipinski definition) is 4. The lowest BCUT2D eigenvalue weighted by Gasteiger charge is -2.29. The van der Waals surface area contributed by atoms with Crippen LogP contribution in [-0.2, 0) is 13.0 Å². The first kappa shape index (κ1) is 13.8. The number of fused-ring (bicyclic) bond motifs is 1. The average Bonchev–Trinajstić information content (AvgIpc) is 2.91. The quantitative estimate of drug-likeness (QED) is 0.924. The summed E-state index contributed by atoms with van der Waals surface area (Å²) in [6.07, 6.45) is 0.571. The van der Waals surface area contributed by atoms with E-state index in [9.17, 15) is 14.7 Å². The molecule has 1 N–H and O–H groups in total. The summed E-state index contributed by atoms with van der Waals surface area (Å²) in [5, 5.41) is 9.22. The van der Waals surface area contributed by atoms with Gasteiger partial charge < -0.3 is 10.0 Å². The van der Waals surface area contributed by atoms with Gasteiger partial charge in [0.25, 0.3) is 5.91 Å². The van der Waals surface area contributed by atoms with Gasteiger partial charge in [-0.1, -0.05) is 12.1 Å². The Morgan fingerprint density at radius 1 is 1.38 bits per heavy atom. The van der Waals surface area contributed by atoms with Crippen LogP contribution in [0.1, 0.15) is 36.9 Å². The van der Waals surface area contributed by atoms with Gasteiger partial charge in [-0.05, 0) is 30.5 Å². The molecule has 1 aromatic carbocycles. The minimum absolute atomic E-state index is 0.0265. The molecule has 0 aliphatic carbocycles. The van der Waals surface area contributed by atoms with Crippen molar-refractivity contribution < 1.29 is 14.7 Å². The number of carboxylic acid groups (broad SMARTS) is 1. The van der Waals surface area contributed by atoms with Crippen LogP contribution in [0.3, 0.4) is 0 Å². The molecule has 0 saturated heterocycles. The third-order valence-electron chi connectivity index (χ3n) is 3.72. The third kappa shape index (κ3) is 2.42. The van der Waals surface area contributed by atoms with Crippen LogP contribution in [0.4, 0.5) is 0 Å². The molecule has 0 unspecified atom stereocenters. The van der Waals surface area contributed by atoms with Gasteiger partial charge >= 0.3 is 5.97 Å². The van der Waals surface area contributed by atoms with Gasteiger partial charge in [-0.15, -0.1) is 11.3 Å². The highest BCUT2D eigenvalue weighted by Crippen LogP contribution is 2.25. The number of aromatic carboxylic acids is 1. The SMILES string of the molecule is Cc1ncsc1C(=O)N1CCc2c(cccc2C(=O)O)C1. The summed E-state index contributed by atoms with van der Waals surface area (Å²) in [5.41, 5.74) is 4.51. The lowest BCUT2D eigenvalue weighted by atomic mass is 9.94.